The van der Waals surface area contributed by atoms with E-state index in [4.69, 9.17) is 5.73 Å². The Morgan fingerprint density at radius 1 is 1.33 bits per heavy atom. The molecule has 0 aliphatic carbocycles. The first-order valence-corrected chi connectivity index (χ1v) is 6.04. The van der Waals surface area contributed by atoms with Crippen LogP contribution in [0.3, 0.4) is 0 Å². The van der Waals surface area contributed by atoms with E-state index in [0.29, 0.717) is 18.9 Å². The van der Waals surface area contributed by atoms with E-state index in [0.717, 1.165) is 5.56 Å². The number of hydrogen-bond donors (Lipinski definition) is 1. The number of aromatic nitrogens is 1. The van der Waals surface area contributed by atoms with E-state index in [-0.39, 0.29) is 12.0 Å². The number of halogens is 2. The summed E-state index contributed by atoms with van der Waals surface area (Å²) in [4.78, 5) is 5.77. The third kappa shape index (κ3) is 4.22. The third-order valence-electron chi connectivity index (χ3n) is 2.70. The average Bonchev–Trinajstić information content (AvgIpc) is 2.27. The molecule has 1 aromatic heterocycles. The molecule has 1 rings (SSSR count). The Bertz CT molecular complexity index is 357. The smallest absolute Gasteiger partial charge is 0.255 e. The lowest BCUT2D eigenvalue weighted by atomic mass is 9.88. The van der Waals surface area contributed by atoms with Gasteiger partial charge in [-0.3, -0.25) is 0 Å². The minimum atomic E-state index is -2.39. The van der Waals surface area contributed by atoms with Gasteiger partial charge in [0.25, 0.3) is 6.43 Å². The number of rotatable bonds is 5. The summed E-state index contributed by atoms with van der Waals surface area (Å²) in [5, 5.41) is 0. The molecule has 18 heavy (non-hydrogen) atoms. The fourth-order valence-electron chi connectivity index (χ4n) is 1.64. The van der Waals surface area contributed by atoms with Gasteiger partial charge >= 0.3 is 0 Å². The summed E-state index contributed by atoms with van der Waals surface area (Å²) in [5.74, 6) is 0.550. The fraction of sp³-hybridized carbons (Fsp3) is 0.615. The number of pyridine rings is 1. The van der Waals surface area contributed by atoms with Crippen molar-refractivity contribution in [3.05, 3.63) is 23.9 Å². The quantitative estimate of drug-likeness (QED) is 0.880. The Morgan fingerprint density at radius 3 is 2.39 bits per heavy atom. The van der Waals surface area contributed by atoms with Crippen LogP contribution in [0.2, 0.25) is 0 Å². The van der Waals surface area contributed by atoms with E-state index in [9.17, 15) is 8.78 Å². The topological polar surface area (TPSA) is 42.1 Å². The molecule has 102 valence electrons. The van der Waals surface area contributed by atoms with Gasteiger partial charge in [0.05, 0.1) is 6.54 Å². The highest BCUT2D eigenvalue weighted by Gasteiger charge is 2.16. The Kier molecular flexibility index (Phi) is 5.02. The normalized spacial score (nSPS) is 11.9. The molecular weight excluding hydrogens is 236 g/mol. The molecule has 0 aliphatic rings. The highest BCUT2D eigenvalue weighted by atomic mass is 19.3. The SMILES string of the molecule is CC(C)(C)c1ccc(N(CCN)CC(F)F)nc1. The second-order valence-electron chi connectivity index (χ2n) is 5.28. The highest BCUT2D eigenvalue weighted by molar-refractivity contribution is 5.40. The van der Waals surface area contributed by atoms with Gasteiger partial charge in [0.1, 0.15) is 5.82 Å². The maximum absolute atomic E-state index is 12.5. The van der Waals surface area contributed by atoms with E-state index in [1.165, 1.54) is 4.90 Å². The molecule has 5 heteroatoms. The number of hydrogen-bond acceptors (Lipinski definition) is 3. The monoisotopic (exact) mass is 257 g/mol. The van der Waals surface area contributed by atoms with E-state index in [1.54, 1.807) is 12.3 Å². The van der Waals surface area contributed by atoms with Crippen LogP contribution >= 0.6 is 0 Å². The summed E-state index contributed by atoms with van der Waals surface area (Å²) in [5.41, 5.74) is 6.51. The molecule has 0 atom stereocenters. The van der Waals surface area contributed by atoms with Crippen LogP contribution in [0.5, 0.6) is 0 Å². The van der Waals surface area contributed by atoms with Crippen molar-refractivity contribution < 1.29 is 8.78 Å². The maximum atomic E-state index is 12.5. The second-order valence-corrected chi connectivity index (χ2v) is 5.28. The van der Waals surface area contributed by atoms with Crippen LogP contribution in [0, 0.1) is 0 Å². The molecule has 0 saturated carbocycles. The van der Waals surface area contributed by atoms with Crippen molar-refractivity contribution in [1.29, 1.82) is 0 Å². The van der Waals surface area contributed by atoms with Gasteiger partial charge in [0, 0.05) is 19.3 Å². The van der Waals surface area contributed by atoms with Crippen molar-refractivity contribution in [3.63, 3.8) is 0 Å². The van der Waals surface area contributed by atoms with Crippen LogP contribution in [0.1, 0.15) is 26.3 Å². The van der Waals surface area contributed by atoms with E-state index < -0.39 is 6.43 Å². The average molecular weight is 257 g/mol. The Morgan fingerprint density at radius 2 is 2.00 bits per heavy atom. The first kappa shape index (κ1) is 14.8. The Balaban J connectivity index is 2.86. The third-order valence-corrected chi connectivity index (χ3v) is 2.70. The summed E-state index contributed by atoms with van der Waals surface area (Å²) in [6.07, 6.45) is -0.648. The van der Waals surface area contributed by atoms with Crippen LogP contribution < -0.4 is 10.6 Å². The van der Waals surface area contributed by atoms with Gasteiger partial charge in [-0.2, -0.15) is 0 Å². The minimum Gasteiger partial charge on any atom is -0.350 e. The molecule has 0 saturated heterocycles. The van der Waals surface area contributed by atoms with Crippen molar-refractivity contribution >= 4 is 5.82 Å². The van der Waals surface area contributed by atoms with Crippen molar-refractivity contribution in [2.75, 3.05) is 24.5 Å². The number of nitrogens with two attached hydrogens (primary N) is 1. The molecule has 3 nitrogen and oxygen atoms in total. The van der Waals surface area contributed by atoms with Gasteiger partial charge < -0.3 is 10.6 Å². The zero-order valence-electron chi connectivity index (χ0n) is 11.2. The van der Waals surface area contributed by atoms with Gasteiger partial charge in [0.2, 0.25) is 0 Å². The molecule has 0 aliphatic heterocycles. The molecule has 0 aromatic carbocycles. The van der Waals surface area contributed by atoms with Crippen LogP contribution in [-0.4, -0.2) is 31.0 Å². The molecule has 0 bridgehead atoms. The molecule has 1 heterocycles. The summed E-state index contributed by atoms with van der Waals surface area (Å²) in [6.45, 7) is 6.63. The summed E-state index contributed by atoms with van der Waals surface area (Å²) >= 11 is 0. The van der Waals surface area contributed by atoms with Gasteiger partial charge in [-0.1, -0.05) is 26.8 Å². The lowest BCUT2D eigenvalue weighted by molar-refractivity contribution is 0.155. The van der Waals surface area contributed by atoms with Crippen LogP contribution in [0.25, 0.3) is 0 Å². The van der Waals surface area contributed by atoms with Crippen LogP contribution in [-0.2, 0) is 5.41 Å². The number of anilines is 1. The number of alkyl halides is 2. The summed E-state index contributed by atoms with van der Waals surface area (Å²) < 4.78 is 24.9. The fourth-order valence-corrected chi connectivity index (χ4v) is 1.64. The zero-order chi connectivity index (χ0) is 13.8. The van der Waals surface area contributed by atoms with Crippen LogP contribution in [0.15, 0.2) is 18.3 Å². The standard InChI is InChI=1S/C13H21F2N3/c1-13(2,3)10-4-5-12(17-8-10)18(7-6-16)9-11(14)15/h4-5,8,11H,6-7,9,16H2,1-3H3. The second kappa shape index (κ2) is 6.09. The molecule has 0 amide bonds. The molecule has 0 radical (unpaired) electrons. The van der Waals surface area contributed by atoms with Crippen molar-refractivity contribution in [1.82, 2.24) is 4.98 Å². The van der Waals surface area contributed by atoms with Crippen molar-refractivity contribution in [2.45, 2.75) is 32.6 Å². The molecule has 0 spiro atoms. The molecule has 0 fully saturated rings. The van der Waals surface area contributed by atoms with E-state index >= 15 is 0 Å². The Labute approximate surface area is 107 Å². The molecule has 0 unspecified atom stereocenters. The van der Waals surface area contributed by atoms with Gasteiger partial charge in [-0.15, -0.1) is 0 Å². The summed E-state index contributed by atoms with van der Waals surface area (Å²) in [6, 6.07) is 3.70. The van der Waals surface area contributed by atoms with Crippen LogP contribution in [0.4, 0.5) is 14.6 Å². The molecule has 1 aromatic rings. The molecule has 2 N–H and O–H groups in total. The van der Waals surface area contributed by atoms with Gasteiger partial charge in [0.15, 0.2) is 0 Å². The lowest BCUT2D eigenvalue weighted by Crippen LogP contribution is -2.34. The predicted molar refractivity (Wildman–Crippen MR) is 70.2 cm³/mol. The van der Waals surface area contributed by atoms with Gasteiger partial charge in [-0.25, -0.2) is 13.8 Å². The first-order valence-electron chi connectivity index (χ1n) is 6.04. The molecular formula is C13H21F2N3. The Hall–Kier alpha value is -1.23. The van der Waals surface area contributed by atoms with E-state index in [2.05, 4.69) is 25.8 Å². The summed E-state index contributed by atoms with van der Waals surface area (Å²) in [7, 11) is 0. The predicted octanol–water partition coefficient (Wildman–Crippen LogP) is 2.41. The lowest BCUT2D eigenvalue weighted by Gasteiger charge is -2.24. The first-order chi connectivity index (χ1) is 8.34. The number of nitrogens with zero attached hydrogens (tertiary/aromatic N) is 2. The van der Waals surface area contributed by atoms with Crippen molar-refractivity contribution in [3.8, 4) is 0 Å². The van der Waals surface area contributed by atoms with Crippen molar-refractivity contribution in [2.24, 2.45) is 5.73 Å². The van der Waals surface area contributed by atoms with Gasteiger partial charge in [-0.05, 0) is 17.0 Å². The highest BCUT2D eigenvalue weighted by Crippen LogP contribution is 2.23. The van der Waals surface area contributed by atoms with E-state index in [1.807, 2.05) is 6.07 Å². The largest absolute Gasteiger partial charge is 0.350 e. The maximum Gasteiger partial charge on any atom is 0.255 e. The minimum absolute atomic E-state index is 0.00689. The zero-order valence-corrected chi connectivity index (χ0v) is 11.2.